The average Bonchev–Trinajstić information content (AvgIpc) is 2.98. The second kappa shape index (κ2) is 9.81. The van der Waals surface area contributed by atoms with Crippen LogP contribution < -0.4 is 14.8 Å². The number of para-hydroxylation sites is 1. The van der Waals surface area contributed by atoms with Gasteiger partial charge in [-0.1, -0.05) is 23.7 Å². The van der Waals surface area contributed by atoms with Crippen molar-refractivity contribution in [3.05, 3.63) is 58.6 Å². The molecule has 0 aromatic heterocycles. The maximum Gasteiger partial charge on any atom is 0.331 e. The summed E-state index contributed by atoms with van der Waals surface area (Å²) in [5.41, 5.74) is 1.29. The van der Waals surface area contributed by atoms with Crippen molar-refractivity contribution < 1.29 is 23.8 Å². The van der Waals surface area contributed by atoms with Gasteiger partial charge >= 0.3 is 5.97 Å². The van der Waals surface area contributed by atoms with Crippen LogP contribution in [0.2, 0.25) is 5.02 Å². The molecule has 1 unspecified atom stereocenters. The number of amides is 1. The van der Waals surface area contributed by atoms with Crippen molar-refractivity contribution in [1.29, 1.82) is 5.26 Å². The van der Waals surface area contributed by atoms with Gasteiger partial charge in [0.25, 0.3) is 5.91 Å². The van der Waals surface area contributed by atoms with Crippen molar-refractivity contribution in [2.45, 2.75) is 19.4 Å². The van der Waals surface area contributed by atoms with Crippen LogP contribution in [-0.2, 0) is 14.3 Å². The van der Waals surface area contributed by atoms with E-state index in [1.165, 1.54) is 19.1 Å². The summed E-state index contributed by atoms with van der Waals surface area (Å²) in [6, 6.07) is 11.9. The Morgan fingerprint density at radius 3 is 2.83 bits per heavy atom. The van der Waals surface area contributed by atoms with Gasteiger partial charge in [-0.3, -0.25) is 4.79 Å². The Balaban J connectivity index is 1.61. The van der Waals surface area contributed by atoms with Gasteiger partial charge in [0.05, 0.1) is 29.5 Å². The van der Waals surface area contributed by atoms with Gasteiger partial charge in [-0.05, 0) is 42.8 Å². The standard InChI is InChI=1S/C22H19ClN2O5/c1-14(22(27)25-18-6-3-2-5-16(18)13-24)30-20(26)8-7-15-11-17(23)21-19(12-15)28-9-4-10-29-21/h2-3,5-8,11-12,14H,4,9-10H2,1H3,(H,25,27)/b8-7+. The van der Waals surface area contributed by atoms with E-state index >= 15 is 0 Å². The molecule has 2 aromatic rings. The molecule has 1 amide bonds. The van der Waals surface area contributed by atoms with E-state index in [-0.39, 0.29) is 0 Å². The number of ether oxygens (including phenoxy) is 3. The molecule has 0 fully saturated rings. The van der Waals surface area contributed by atoms with E-state index in [0.717, 1.165) is 6.42 Å². The maximum absolute atomic E-state index is 12.3. The summed E-state index contributed by atoms with van der Waals surface area (Å²) in [4.78, 5) is 24.4. The minimum atomic E-state index is -1.05. The fourth-order valence-electron chi connectivity index (χ4n) is 2.70. The number of nitrogens with zero attached hydrogens (tertiary/aromatic N) is 1. The smallest absolute Gasteiger partial charge is 0.331 e. The predicted molar refractivity (Wildman–Crippen MR) is 111 cm³/mol. The molecule has 0 radical (unpaired) electrons. The van der Waals surface area contributed by atoms with Crippen LogP contribution in [-0.4, -0.2) is 31.2 Å². The Bertz CT molecular complexity index is 1030. The summed E-state index contributed by atoms with van der Waals surface area (Å²) in [6.45, 7) is 2.48. The van der Waals surface area contributed by atoms with Crippen molar-refractivity contribution >= 4 is 35.2 Å². The zero-order chi connectivity index (χ0) is 21.5. The van der Waals surface area contributed by atoms with Crippen LogP contribution in [0.25, 0.3) is 6.08 Å². The molecule has 0 aliphatic carbocycles. The normalized spacial score (nSPS) is 13.8. The molecule has 1 atom stereocenters. The summed E-state index contributed by atoms with van der Waals surface area (Å²) in [6.07, 6.45) is 2.41. The molecule has 0 spiro atoms. The molecule has 154 valence electrons. The Hall–Kier alpha value is -3.50. The molecular formula is C22H19ClN2O5. The third kappa shape index (κ3) is 5.31. The number of hydrogen-bond acceptors (Lipinski definition) is 6. The molecule has 1 aliphatic rings. The largest absolute Gasteiger partial charge is 0.489 e. The van der Waals surface area contributed by atoms with Gasteiger partial charge in [0.2, 0.25) is 0 Å². The first-order valence-electron chi connectivity index (χ1n) is 9.26. The third-order valence-corrected chi connectivity index (χ3v) is 4.48. The molecule has 0 saturated heterocycles. The molecule has 0 saturated carbocycles. The number of esters is 1. The van der Waals surface area contributed by atoms with Crippen LogP contribution in [0.3, 0.4) is 0 Å². The zero-order valence-electron chi connectivity index (χ0n) is 16.2. The highest BCUT2D eigenvalue weighted by atomic mass is 35.5. The van der Waals surface area contributed by atoms with Gasteiger partial charge < -0.3 is 19.5 Å². The van der Waals surface area contributed by atoms with E-state index in [1.807, 2.05) is 6.07 Å². The second-order valence-electron chi connectivity index (χ2n) is 6.44. The number of benzene rings is 2. The maximum atomic E-state index is 12.3. The first-order chi connectivity index (χ1) is 14.5. The van der Waals surface area contributed by atoms with Crippen molar-refractivity contribution in [3.63, 3.8) is 0 Å². The van der Waals surface area contributed by atoms with Crippen molar-refractivity contribution in [2.24, 2.45) is 0 Å². The lowest BCUT2D eigenvalue weighted by atomic mass is 10.2. The number of nitriles is 1. The summed E-state index contributed by atoms with van der Waals surface area (Å²) < 4.78 is 16.3. The molecule has 30 heavy (non-hydrogen) atoms. The zero-order valence-corrected chi connectivity index (χ0v) is 16.9. The fourth-order valence-corrected chi connectivity index (χ4v) is 2.98. The van der Waals surface area contributed by atoms with Gasteiger partial charge in [-0.15, -0.1) is 0 Å². The highest BCUT2D eigenvalue weighted by molar-refractivity contribution is 6.32. The monoisotopic (exact) mass is 426 g/mol. The number of anilines is 1. The van der Waals surface area contributed by atoms with Gasteiger partial charge in [-0.2, -0.15) is 5.26 Å². The van der Waals surface area contributed by atoms with Crippen LogP contribution in [0.15, 0.2) is 42.5 Å². The lowest BCUT2D eigenvalue weighted by molar-refractivity contribution is -0.148. The predicted octanol–water partition coefficient (Wildman–Crippen LogP) is 3.96. The van der Waals surface area contributed by atoms with Crippen LogP contribution in [0.4, 0.5) is 5.69 Å². The Morgan fingerprint density at radius 2 is 2.03 bits per heavy atom. The third-order valence-electron chi connectivity index (χ3n) is 4.20. The van der Waals surface area contributed by atoms with Crippen LogP contribution >= 0.6 is 11.6 Å². The molecule has 1 N–H and O–H groups in total. The summed E-state index contributed by atoms with van der Waals surface area (Å²) in [5.74, 6) is -0.249. The summed E-state index contributed by atoms with van der Waals surface area (Å²) in [7, 11) is 0. The molecule has 0 bridgehead atoms. The van der Waals surface area contributed by atoms with Crippen LogP contribution in [0.1, 0.15) is 24.5 Å². The van der Waals surface area contributed by atoms with E-state index in [9.17, 15) is 9.59 Å². The quantitative estimate of drug-likeness (QED) is 0.574. The van der Waals surface area contributed by atoms with Crippen molar-refractivity contribution in [3.8, 4) is 17.6 Å². The van der Waals surface area contributed by atoms with Crippen LogP contribution in [0, 0.1) is 11.3 Å². The van der Waals surface area contributed by atoms with E-state index in [4.69, 9.17) is 31.1 Å². The number of carbonyl (C=O) groups is 2. The van der Waals surface area contributed by atoms with Gasteiger partial charge in [-0.25, -0.2) is 4.79 Å². The highest BCUT2D eigenvalue weighted by Gasteiger charge is 2.18. The number of halogens is 1. The van der Waals surface area contributed by atoms with E-state index in [1.54, 1.807) is 36.4 Å². The highest BCUT2D eigenvalue weighted by Crippen LogP contribution is 2.38. The number of rotatable bonds is 5. The molecule has 1 heterocycles. The van der Waals surface area contributed by atoms with Crippen molar-refractivity contribution in [2.75, 3.05) is 18.5 Å². The Labute approximate surface area is 178 Å². The lowest BCUT2D eigenvalue weighted by Gasteiger charge is -2.13. The second-order valence-corrected chi connectivity index (χ2v) is 6.85. The minimum absolute atomic E-state index is 0.315. The van der Waals surface area contributed by atoms with Gasteiger partial charge in [0, 0.05) is 12.5 Å². The van der Waals surface area contributed by atoms with E-state index < -0.39 is 18.0 Å². The number of nitrogens with one attached hydrogen (secondary N) is 1. The Morgan fingerprint density at radius 1 is 1.27 bits per heavy atom. The van der Waals surface area contributed by atoms with Crippen molar-refractivity contribution in [1.82, 2.24) is 0 Å². The lowest BCUT2D eigenvalue weighted by Crippen LogP contribution is -2.29. The topological polar surface area (TPSA) is 97.7 Å². The van der Waals surface area contributed by atoms with Crippen LogP contribution in [0.5, 0.6) is 11.5 Å². The molecule has 1 aliphatic heterocycles. The number of fused-ring (bicyclic) bond motifs is 1. The summed E-state index contributed by atoms with van der Waals surface area (Å²) >= 11 is 6.23. The summed E-state index contributed by atoms with van der Waals surface area (Å²) in [5, 5.41) is 12.0. The molecule has 2 aromatic carbocycles. The average molecular weight is 427 g/mol. The molecular weight excluding hydrogens is 408 g/mol. The first kappa shape index (κ1) is 21.2. The fraction of sp³-hybridized carbons (Fsp3) is 0.227. The molecule has 3 rings (SSSR count). The van der Waals surface area contributed by atoms with E-state index in [0.29, 0.717) is 46.5 Å². The SMILES string of the molecule is CC(OC(=O)/C=C/c1cc(Cl)c2c(c1)OCCCO2)C(=O)Nc1ccccc1C#N. The number of hydrogen-bond donors (Lipinski definition) is 1. The first-order valence-corrected chi connectivity index (χ1v) is 9.63. The van der Waals surface area contributed by atoms with Gasteiger partial charge in [0.15, 0.2) is 17.6 Å². The minimum Gasteiger partial charge on any atom is -0.489 e. The molecule has 8 heteroatoms. The Kier molecular flexibility index (Phi) is 6.94. The number of carbonyl (C=O) groups excluding carboxylic acids is 2. The van der Waals surface area contributed by atoms with Gasteiger partial charge in [0.1, 0.15) is 6.07 Å². The van der Waals surface area contributed by atoms with E-state index in [2.05, 4.69) is 5.32 Å². The molecule has 7 nitrogen and oxygen atoms in total.